The molecule has 2 aromatic carbocycles. The Morgan fingerprint density at radius 3 is 2.76 bits per heavy atom. The Morgan fingerprint density at radius 1 is 1.28 bits per heavy atom. The smallest absolute Gasteiger partial charge is 0.216 e. The molecule has 0 fully saturated rings. The lowest BCUT2D eigenvalue weighted by Crippen LogP contribution is -2.36. The molecule has 0 aliphatic rings. The summed E-state index contributed by atoms with van der Waals surface area (Å²) in [6.07, 6.45) is 0. The minimum atomic E-state index is -2.90. The highest BCUT2D eigenvalue weighted by Gasteiger charge is 2.25. The maximum atomic E-state index is 9.76. The lowest BCUT2D eigenvalue weighted by atomic mass is 9.92. The quantitative estimate of drug-likeness (QED) is 0.376. The monoisotopic (exact) mass is 391 g/mol. The number of hydrogen-bond acceptors (Lipinski definition) is 2. The molecule has 4 aromatic rings. The van der Waals surface area contributed by atoms with Crippen LogP contribution in [0, 0.1) is 39.0 Å². The molecular formula is C26H27N2O+. The summed E-state index contributed by atoms with van der Waals surface area (Å²) >= 11 is 0. The highest BCUT2D eigenvalue weighted by Crippen LogP contribution is 2.39. The van der Waals surface area contributed by atoms with E-state index in [1.165, 1.54) is 0 Å². The van der Waals surface area contributed by atoms with Crippen molar-refractivity contribution in [3.63, 3.8) is 0 Å². The van der Waals surface area contributed by atoms with Gasteiger partial charge in [-0.3, -0.25) is 0 Å². The van der Waals surface area contributed by atoms with Crippen LogP contribution in [-0.2, 0) is 7.05 Å². The number of furan rings is 1. The Labute approximate surface area is 183 Å². The lowest BCUT2D eigenvalue weighted by molar-refractivity contribution is -0.667. The zero-order chi connectivity index (χ0) is 27.8. The second kappa shape index (κ2) is 6.74. The summed E-state index contributed by atoms with van der Waals surface area (Å²) < 4.78 is 74.2. The van der Waals surface area contributed by atoms with Crippen LogP contribution in [0.5, 0.6) is 0 Å². The van der Waals surface area contributed by atoms with Crippen molar-refractivity contribution in [3.8, 4) is 17.3 Å². The molecule has 29 heavy (non-hydrogen) atoms. The molecule has 3 heteroatoms. The van der Waals surface area contributed by atoms with Gasteiger partial charge in [0.2, 0.25) is 5.69 Å². The second-order valence-electron chi connectivity index (χ2n) is 7.53. The van der Waals surface area contributed by atoms with E-state index in [0.29, 0.717) is 38.6 Å². The normalized spacial score (nSPS) is 18.5. The second-order valence-corrected chi connectivity index (χ2v) is 7.53. The first-order valence-electron chi connectivity index (χ1n) is 13.3. The Hall–Kier alpha value is -3.12. The summed E-state index contributed by atoms with van der Waals surface area (Å²) in [7, 11) is 1.62. The van der Waals surface area contributed by atoms with Gasteiger partial charge in [-0.15, -0.1) is 0 Å². The van der Waals surface area contributed by atoms with Gasteiger partial charge in [-0.05, 0) is 55.4 Å². The van der Waals surface area contributed by atoms with Gasteiger partial charge in [0.25, 0.3) is 0 Å². The maximum absolute atomic E-state index is 9.76. The van der Waals surface area contributed by atoms with Gasteiger partial charge < -0.3 is 4.42 Å². The summed E-state index contributed by atoms with van der Waals surface area (Å²) in [6.45, 7) is 0.699. The molecule has 0 aliphatic heterocycles. The van der Waals surface area contributed by atoms with E-state index in [9.17, 15) is 5.26 Å². The molecule has 0 aliphatic carbocycles. The predicted molar refractivity (Wildman–Crippen MR) is 118 cm³/mol. The van der Waals surface area contributed by atoms with E-state index in [0.717, 1.165) is 12.5 Å². The number of fused-ring (bicyclic) bond motifs is 3. The summed E-state index contributed by atoms with van der Waals surface area (Å²) in [5.74, 6) is -2.37. The third kappa shape index (κ3) is 2.83. The van der Waals surface area contributed by atoms with Gasteiger partial charge in [-0.2, -0.15) is 9.83 Å². The predicted octanol–water partition coefficient (Wildman–Crippen LogP) is 6.31. The van der Waals surface area contributed by atoms with Crippen molar-refractivity contribution in [2.24, 2.45) is 7.05 Å². The van der Waals surface area contributed by atoms with Gasteiger partial charge in [0, 0.05) is 38.9 Å². The largest absolute Gasteiger partial charge is 0.455 e. The molecule has 3 nitrogen and oxygen atoms in total. The minimum absolute atomic E-state index is 0.227. The highest BCUT2D eigenvalue weighted by atomic mass is 16.3. The highest BCUT2D eigenvalue weighted by molar-refractivity contribution is 6.12. The van der Waals surface area contributed by atoms with E-state index >= 15 is 0 Å². The first-order chi connectivity index (χ1) is 16.9. The Bertz CT molecular complexity index is 1640. The number of benzene rings is 2. The number of aryl methyl sites for hydroxylation is 2. The van der Waals surface area contributed by atoms with E-state index in [4.69, 9.17) is 15.4 Å². The van der Waals surface area contributed by atoms with Crippen molar-refractivity contribution in [2.45, 2.75) is 47.3 Å². The van der Waals surface area contributed by atoms with Crippen LogP contribution in [0.2, 0.25) is 0 Å². The van der Waals surface area contributed by atoms with Crippen molar-refractivity contribution in [3.05, 3.63) is 63.8 Å². The number of pyridine rings is 1. The van der Waals surface area contributed by atoms with Crippen LogP contribution >= 0.6 is 0 Å². The molecule has 0 spiro atoms. The Kier molecular flexibility index (Phi) is 2.74. The van der Waals surface area contributed by atoms with Gasteiger partial charge in [0.05, 0.1) is 18.6 Å². The molecule has 1 atom stereocenters. The summed E-state index contributed by atoms with van der Waals surface area (Å²) in [5, 5.41) is 11.0. The van der Waals surface area contributed by atoms with Crippen molar-refractivity contribution in [1.29, 1.82) is 5.26 Å². The third-order valence-electron chi connectivity index (χ3n) is 5.52. The summed E-state index contributed by atoms with van der Waals surface area (Å²) in [4.78, 5) is 0. The van der Waals surface area contributed by atoms with Crippen molar-refractivity contribution in [1.82, 2.24) is 0 Å². The molecule has 0 amide bonds. The molecular weight excluding hydrogens is 356 g/mol. The Balaban J connectivity index is 2.26. The lowest BCUT2D eigenvalue weighted by Gasteiger charge is -2.14. The van der Waals surface area contributed by atoms with E-state index in [-0.39, 0.29) is 28.6 Å². The maximum Gasteiger partial charge on any atom is 0.216 e. The fraction of sp³-hybridized carbons (Fsp3) is 0.308. The zero-order valence-electron chi connectivity index (χ0n) is 25.1. The SMILES string of the molecule is [2H]c1c(C([2H])(C)C([2H])([2H])[2H])c(C([2H])([2H])[2H])c(C)[n+](C)c1-c1c(C)ccc2c1oc1cc(C)cc(C#N)c12. The fourth-order valence-corrected chi connectivity index (χ4v) is 3.88. The van der Waals surface area contributed by atoms with Crippen molar-refractivity contribution >= 4 is 21.9 Å². The topological polar surface area (TPSA) is 40.8 Å². The summed E-state index contributed by atoms with van der Waals surface area (Å²) in [5.41, 5.74) is 3.15. The van der Waals surface area contributed by atoms with Crippen molar-refractivity contribution in [2.75, 3.05) is 0 Å². The van der Waals surface area contributed by atoms with Gasteiger partial charge in [-0.25, -0.2) is 0 Å². The van der Waals surface area contributed by atoms with Crippen LogP contribution in [0.1, 0.15) is 64.1 Å². The van der Waals surface area contributed by atoms with Crippen LogP contribution in [0.3, 0.4) is 0 Å². The molecule has 2 aromatic heterocycles. The average molecular weight is 392 g/mol. The van der Waals surface area contributed by atoms with Gasteiger partial charge in [0.1, 0.15) is 18.2 Å². The molecule has 1 unspecified atom stereocenters. The van der Waals surface area contributed by atoms with Crippen LogP contribution in [0.15, 0.2) is 34.7 Å². The number of nitrogens with zero attached hydrogens (tertiary/aromatic N) is 2. The van der Waals surface area contributed by atoms with Crippen LogP contribution in [-0.4, -0.2) is 0 Å². The van der Waals surface area contributed by atoms with E-state index in [2.05, 4.69) is 6.07 Å². The zero-order valence-corrected chi connectivity index (χ0v) is 17.1. The number of hydrogen-bond donors (Lipinski definition) is 0. The molecule has 0 N–H and O–H groups in total. The molecule has 4 rings (SSSR count). The van der Waals surface area contributed by atoms with Crippen LogP contribution in [0.25, 0.3) is 33.2 Å². The van der Waals surface area contributed by atoms with E-state index < -0.39 is 19.6 Å². The first-order valence-corrected chi connectivity index (χ1v) is 9.34. The number of rotatable bonds is 2. The van der Waals surface area contributed by atoms with E-state index in [1.807, 2.05) is 32.0 Å². The van der Waals surface area contributed by atoms with Gasteiger partial charge in [0.15, 0.2) is 5.69 Å². The molecule has 0 bridgehead atoms. The van der Waals surface area contributed by atoms with Crippen molar-refractivity contribution < 1.29 is 20.0 Å². The molecule has 2 heterocycles. The molecule has 146 valence electrons. The molecule has 0 saturated heterocycles. The standard InChI is InChI=1S/C26H27N2O/c1-14(2)21-12-22(28(7)18(6)17(21)5)24-16(4)8-9-20-25-19(13-27)10-15(3)11-23(25)29-26(20)24/h8-12,14H,1-7H3/q+1/i1D3,5D3,12D,14D. The average Bonchev–Trinajstić information content (AvgIpc) is 3.13. The first kappa shape index (κ1) is 11.8. The van der Waals surface area contributed by atoms with Crippen LogP contribution in [0.4, 0.5) is 0 Å². The van der Waals surface area contributed by atoms with E-state index in [1.54, 1.807) is 24.6 Å². The Morgan fingerprint density at radius 2 is 2.07 bits per heavy atom. The number of nitriles is 1. The number of aromatic nitrogens is 1. The minimum Gasteiger partial charge on any atom is -0.455 e. The summed E-state index contributed by atoms with van der Waals surface area (Å²) in [6, 6.07) is 9.10. The fourth-order valence-electron chi connectivity index (χ4n) is 3.88. The molecule has 0 saturated carbocycles. The third-order valence-corrected chi connectivity index (χ3v) is 5.52. The van der Waals surface area contributed by atoms with Crippen LogP contribution < -0.4 is 4.57 Å². The molecule has 0 radical (unpaired) electrons. The van der Waals surface area contributed by atoms with Gasteiger partial charge >= 0.3 is 0 Å². The van der Waals surface area contributed by atoms with Gasteiger partial charge in [-0.1, -0.05) is 25.9 Å².